The van der Waals surface area contributed by atoms with Crippen LogP contribution in [-0.4, -0.2) is 53.8 Å². The topological polar surface area (TPSA) is 66.6 Å². The Bertz CT molecular complexity index is 632. The molecule has 1 aromatic rings. The first-order chi connectivity index (χ1) is 13.2. The first-order valence-electron chi connectivity index (χ1n) is 10.5. The Labute approximate surface area is 175 Å². The monoisotopic (exact) mass is 407 g/mol. The molecule has 3 rings (SSSR count). The van der Waals surface area contributed by atoms with E-state index in [0.717, 1.165) is 63.7 Å². The van der Waals surface area contributed by atoms with Crippen molar-refractivity contribution < 1.29 is 9.59 Å². The Morgan fingerprint density at radius 1 is 1.11 bits per heavy atom. The Morgan fingerprint density at radius 3 is 2.39 bits per heavy atom. The molecule has 0 bridgehead atoms. The van der Waals surface area contributed by atoms with Gasteiger partial charge in [-0.05, 0) is 56.7 Å². The molecule has 1 aromatic carbocycles. The lowest BCUT2D eigenvalue weighted by Gasteiger charge is -2.40. The van der Waals surface area contributed by atoms with E-state index in [4.69, 9.17) is 5.73 Å². The maximum absolute atomic E-state index is 13.2. The van der Waals surface area contributed by atoms with Crippen molar-refractivity contribution >= 4 is 24.2 Å². The van der Waals surface area contributed by atoms with Crippen molar-refractivity contribution in [2.24, 2.45) is 17.6 Å². The van der Waals surface area contributed by atoms with Crippen molar-refractivity contribution in [2.75, 3.05) is 26.2 Å². The average Bonchev–Trinajstić information content (AvgIpc) is 3.21. The molecule has 6 heteroatoms. The second kappa shape index (κ2) is 10.8. The third kappa shape index (κ3) is 5.06. The third-order valence-corrected chi connectivity index (χ3v) is 6.24. The van der Waals surface area contributed by atoms with Gasteiger partial charge >= 0.3 is 0 Å². The SMILES string of the molecule is CCCN(C(=O)[C@@H]1CCC[C@@H]1CN)C1CCN(C(=O)c2ccccc2)CC1.Cl. The largest absolute Gasteiger partial charge is 0.339 e. The third-order valence-electron chi connectivity index (χ3n) is 6.24. The van der Waals surface area contributed by atoms with Crippen molar-refractivity contribution in [3.8, 4) is 0 Å². The molecule has 1 heterocycles. The average molecular weight is 408 g/mol. The van der Waals surface area contributed by atoms with Crippen LogP contribution in [0.4, 0.5) is 0 Å². The predicted octanol–water partition coefficient (Wildman–Crippen LogP) is 3.33. The van der Waals surface area contributed by atoms with E-state index in [1.54, 1.807) is 0 Å². The van der Waals surface area contributed by atoms with Gasteiger partial charge in [-0.15, -0.1) is 12.4 Å². The highest BCUT2D eigenvalue weighted by atomic mass is 35.5. The molecule has 5 nitrogen and oxygen atoms in total. The quantitative estimate of drug-likeness (QED) is 0.786. The van der Waals surface area contributed by atoms with Crippen LogP contribution in [-0.2, 0) is 4.79 Å². The van der Waals surface area contributed by atoms with Gasteiger partial charge in [-0.25, -0.2) is 0 Å². The smallest absolute Gasteiger partial charge is 0.253 e. The van der Waals surface area contributed by atoms with E-state index in [1.807, 2.05) is 35.2 Å². The van der Waals surface area contributed by atoms with Crippen LogP contribution in [0.25, 0.3) is 0 Å². The lowest BCUT2D eigenvalue weighted by atomic mass is 9.92. The highest BCUT2D eigenvalue weighted by Gasteiger charge is 2.37. The van der Waals surface area contributed by atoms with Gasteiger partial charge in [0.05, 0.1) is 0 Å². The van der Waals surface area contributed by atoms with Gasteiger partial charge < -0.3 is 15.5 Å². The molecule has 1 aliphatic heterocycles. The summed E-state index contributed by atoms with van der Waals surface area (Å²) < 4.78 is 0. The number of likely N-dealkylation sites (tertiary alicyclic amines) is 1. The first kappa shape index (κ1) is 22.7. The molecule has 2 amide bonds. The first-order valence-corrected chi connectivity index (χ1v) is 10.5. The summed E-state index contributed by atoms with van der Waals surface area (Å²) in [6.07, 6.45) is 5.87. The number of rotatable bonds is 6. The molecule has 2 fully saturated rings. The predicted molar refractivity (Wildman–Crippen MR) is 115 cm³/mol. The zero-order valence-corrected chi connectivity index (χ0v) is 17.7. The van der Waals surface area contributed by atoms with Crippen molar-refractivity contribution in [1.82, 2.24) is 9.80 Å². The number of carbonyl (C=O) groups excluding carboxylic acids is 2. The van der Waals surface area contributed by atoms with Crippen LogP contribution in [0.3, 0.4) is 0 Å². The number of nitrogens with two attached hydrogens (primary N) is 1. The molecule has 28 heavy (non-hydrogen) atoms. The number of benzene rings is 1. The molecule has 2 aliphatic rings. The van der Waals surface area contributed by atoms with Crippen LogP contribution in [0.15, 0.2) is 30.3 Å². The number of carbonyl (C=O) groups is 2. The van der Waals surface area contributed by atoms with Crippen LogP contribution in [0.5, 0.6) is 0 Å². The molecular weight excluding hydrogens is 374 g/mol. The number of piperidine rings is 1. The van der Waals surface area contributed by atoms with Gasteiger partial charge in [-0.3, -0.25) is 9.59 Å². The van der Waals surface area contributed by atoms with Crippen LogP contribution in [0.1, 0.15) is 55.8 Å². The molecule has 2 N–H and O–H groups in total. The van der Waals surface area contributed by atoms with E-state index in [0.29, 0.717) is 18.4 Å². The van der Waals surface area contributed by atoms with Crippen LogP contribution in [0.2, 0.25) is 0 Å². The van der Waals surface area contributed by atoms with Crippen LogP contribution < -0.4 is 5.73 Å². The Balaban J connectivity index is 0.00000280. The van der Waals surface area contributed by atoms with Crippen molar-refractivity contribution in [2.45, 2.75) is 51.5 Å². The highest BCUT2D eigenvalue weighted by Crippen LogP contribution is 2.33. The molecular formula is C22H34ClN3O2. The van der Waals surface area contributed by atoms with E-state index >= 15 is 0 Å². The van der Waals surface area contributed by atoms with Crippen LogP contribution in [0, 0.1) is 11.8 Å². The van der Waals surface area contributed by atoms with E-state index in [2.05, 4.69) is 11.8 Å². The minimum Gasteiger partial charge on any atom is -0.339 e. The van der Waals surface area contributed by atoms with Gasteiger partial charge in [0, 0.05) is 37.2 Å². The molecule has 1 aliphatic carbocycles. The van der Waals surface area contributed by atoms with Gasteiger partial charge in [0.25, 0.3) is 5.91 Å². The van der Waals surface area contributed by atoms with Gasteiger partial charge in [0.2, 0.25) is 5.91 Å². The van der Waals surface area contributed by atoms with Gasteiger partial charge in [-0.1, -0.05) is 31.5 Å². The fourth-order valence-electron chi connectivity index (χ4n) is 4.71. The van der Waals surface area contributed by atoms with Crippen molar-refractivity contribution in [3.63, 3.8) is 0 Å². The number of nitrogens with zero attached hydrogens (tertiary/aromatic N) is 2. The fourth-order valence-corrected chi connectivity index (χ4v) is 4.71. The van der Waals surface area contributed by atoms with Crippen molar-refractivity contribution in [3.05, 3.63) is 35.9 Å². The molecule has 0 aromatic heterocycles. The summed E-state index contributed by atoms with van der Waals surface area (Å²) in [4.78, 5) is 29.9. The Kier molecular flexibility index (Phi) is 8.77. The number of halogens is 1. The molecule has 1 saturated heterocycles. The van der Waals surface area contributed by atoms with Crippen molar-refractivity contribution in [1.29, 1.82) is 0 Å². The Hall–Kier alpha value is -1.59. The number of hydrogen-bond acceptors (Lipinski definition) is 3. The summed E-state index contributed by atoms with van der Waals surface area (Å²) in [5.41, 5.74) is 6.65. The highest BCUT2D eigenvalue weighted by molar-refractivity contribution is 5.94. The second-order valence-electron chi connectivity index (χ2n) is 7.95. The fraction of sp³-hybridized carbons (Fsp3) is 0.636. The van der Waals surface area contributed by atoms with E-state index < -0.39 is 0 Å². The molecule has 2 atom stereocenters. The normalized spacial score (nSPS) is 22.6. The zero-order valence-electron chi connectivity index (χ0n) is 16.9. The number of amides is 2. The van der Waals surface area contributed by atoms with E-state index in [9.17, 15) is 9.59 Å². The van der Waals surface area contributed by atoms with Gasteiger partial charge in [0.15, 0.2) is 0 Å². The zero-order chi connectivity index (χ0) is 19.2. The maximum Gasteiger partial charge on any atom is 0.253 e. The van der Waals surface area contributed by atoms with Crippen LogP contribution >= 0.6 is 12.4 Å². The van der Waals surface area contributed by atoms with Gasteiger partial charge in [0.1, 0.15) is 0 Å². The molecule has 1 saturated carbocycles. The lowest BCUT2D eigenvalue weighted by molar-refractivity contribution is -0.140. The maximum atomic E-state index is 13.2. The Morgan fingerprint density at radius 2 is 1.79 bits per heavy atom. The molecule has 0 spiro atoms. The van der Waals surface area contributed by atoms with Gasteiger partial charge in [-0.2, -0.15) is 0 Å². The minimum absolute atomic E-state index is 0. The van der Waals surface area contributed by atoms with E-state index in [-0.39, 0.29) is 30.3 Å². The molecule has 156 valence electrons. The summed E-state index contributed by atoms with van der Waals surface area (Å²) in [5, 5.41) is 0. The summed E-state index contributed by atoms with van der Waals surface area (Å²) >= 11 is 0. The summed E-state index contributed by atoms with van der Waals surface area (Å²) in [6.45, 7) is 4.99. The minimum atomic E-state index is 0. The summed E-state index contributed by atoms with van der Waals surface area (Å²) in [6, 6.07) is 9.71. The lowest BCUT2D eigenvalue weighted by Crippen LogP contribution is -2.51. The number of hydrogen-bond donors (Lipinski definition) is 1. The molecule has 0 unspecified atom stereocenters. The second-order valence-corrected chi connectivity index (χ2v) is 7.95. The summed E-state index contributed by atoms with van der Waals surface area (Å²) in [5.74, 6) is 0.848. The standard InChI is InChI=1S/C22H33N3O2.ClH/c1-2-13-25(22(27)20-10-6-9-18(20)16-23)19-11-14-24(15-12-19)21(26)17-7-4-3-5-8-17;/h3-5,7-8,18-20H,2,6,9-16,23H2,1H3;1H/t18-,20-;/m1./s1. The van der Waals surface area contributed by atoms with E-state index in [1.165, 1.54) is 0 Å². The summed E-state index contributed by atoms with van der Waals surface area (Å²) in [7, 11) is 0. The molecule has 0 radical (unpaired) electrons.